The van der Waals surface area contributed by atoms with Crippen LogP contribution < -0.4 is 5.32 Å². The molecule has 0 saturated heterocycles. The number of aromatic nitrogens is 2. The highest BCUT2D eigenvalue weighted by Crippen LogP contribution is 2.31. The van der Waals surface area contributed by atoms with Gasteiger partial charge in [0, 0.05) is 37.9 Å². The summed E-state index contributed by atoms with van der Waals surface area (Å²) in [5.41, 5.74) is 2.06. The summed E-state index contributed by atoms with van der Waals surface area (Å²) in [5, 5.41) is 7.62. The van der Waals surface area contributed by atoms with Crippen molar-refractivity contribution in [3.8, 4) is 0 Å². The van der Waals surface area contributed by atoms with Crippen molar-refractivity contribution in [1.82, 2.24) is 15.1 Å². The zero-order chi connectivity index (χ0) is 14.9. The molecule has 21 heavy (non-hydrogen) atoms. The first-order valence-corrected chi connectivity index (χ1v) is 8.75. The van der Waals surface area contributed by atoms with Crippen LogP contribution in [0.1, 0.15) is 23.7 Å². The molecule has 1 aliphatic rings. The van der Waals surface area contributed by atoms with Gasteiger partial charge in [0.1, 0.15) is 0 Å². The minimum Gasteiger partial charge on any atom is -0.309 e. The first-order chi connectivity index (χ1) is 10.1. The molecule has 0 bridgehead atoms. The molecule has 112 valence electrons. The Kier molecular flexibility index (Phi) is 3.82. The topological polar surface area (TPSA) is 64.0 Å². The number of benzene rings is 1. The summed E-state index contributed by atoms with van der Waals surface area (Å²) in [6, 6.07) is 9.41. The van der Waals surface area contributed by atoms with E-state index in [4.69, 9.17) is 0 Å². The molecular formula is C15H19N3O2S. The van der Waals surface area contributed by atoms with Gasteiger partial charge in [-0.3, -0.25) is 4.68 Å². The molecule has 1 atom stereocenters. The molecule has 0 radical (unpaired) electrons. The van der Waals surface area contributed by atoms with Gasteiger partial charge in [-0.1, -0.05) is 18.2 Å². The number of fused-ring (bicyclic) bond motifs is 1. The van der Waals surface area contributed by atoms with Crippen LogP contribution in [0.15, 0.2) is 41.4 Å². The third-order valence-corrected chi connectivity index (χ3v) is 5.81. The van der Waals surface area contributed by atoms with Crippen LogP contribution in [-0.4, -0.2) is 30.5 Å². The average molecular weight is 305 g/mol. The maximum atomic E-state index is 12.1. The van der Waals surface area contributed by atoms with E-state index in [2.05, 4.69) is 10.4 Å². The normalized spacial score (nSPS) is 20.1. The predicted octanol–water partition coefficient (Wildman–Crippen LogP) is 1.47. The molecule has 2 aromatic rings. The monoisotopic (exact) mass is 305 g/mol. The van der Waals surface area contributed by atoms with Gasteiger partial charge >= 0.3 is 0 Å². The second-order valence-electron chi connectivity index (χ2n) is 5.35. The van der Waals surface area contributed by atoms with Crippen molar-refractivity contribution in [1.29, 1.82) is 0 Å². The Labute approximate surface area is 124 Å². The minimum atomic E-state index is -3.10. The molecule has 5 nitrogen and oxygen atoms in total. The molecule has 1 N–H and O–H groups in total. The van der Waals surface area contributed by atoms with Gasteiger partial charge in [-0.15, -0.1) is 0 Å². The van der Waals surface area contributed by atoms with Crippen molar-refractivity contribution in [2.75, 3.05) is 12.3 Å². The molecule has 1 aromatic carbocycles. The number of nitrogens with zero attached hydrogens (tertiary/aromatic N) is 2. The van der Waals surface area contributed by atoms with E-state index in [1.165, 1.54) is 5.69 Å². The number of rotatable bonds is 4. The van der Waals surface area contributed by atoms with E-state index in [9.17, 15) is 8.42 Å². The zero-order valence-corrected chi connectivity index (χ0v) is 12.8. The van der Waals surface area contributed by atoms with Crippen LogP contribution in [0.3, 0.4) is 0 Å². The van der Waals surface area contributed by atoms with Gasteiger partial charge in [0.05, 0.1) is 10.6 Å². The maximum Gasteiger partial charge on any atom is 0.178 e. The summed E-state index contributed by atoms with van der Waals surface area (Å²) < 4.78 is 26.0. The molecule has 1 aromatic heterocycles. The number of nitrogens with one attached hydrogen (secondary N) is 1. The third-order valence-electron chi connectivity index (χ3n) is 4.00. The molecule has 0 fully saturated rings. The maximum absolute atomic E-state index is 12.1. The van der Waals surface area contributed by atoms with Crippen LogP contribution in [0.4, 0.5) is 0 Å². The van der Waals surface area contributed by atoms with E-state index < -0.39 is 9.84 Å². The van der Waals surface area contributed by atoms with Crippen LogP contribution in [-0.2, 0) is 23.3 Å². The van der Waals surface area contributed by atoms with E-state index in [1.807, 2.05) is 29.9 Å². The molecule has 0 amide bonds. The summed E-state index contributed by atoms with van der Waals surface area (Å²) in [4.78, 5) is 0.481. The van der Waals surface area contributed by atoms with Crippen LogP contribution in [0, 0.1) is 0 Å². The third kappa shape index (κ3) is 2.87. The van der Waals surface area contributed by atoms with E-state index in [1.54, 1.807) is 18.3 Å². The van der Waals surface area contributed by atoms with Crippen molar-refractivity contribution in [2.24, 2.45) is 7.05 Å². The number of aryl methyl sites for hydroxylation is 1. The van der Waals surface area contributed by atoms with Gasteiger partial charge in [-0.25, -0.2) is 8.42 Å². The Morgan fingerprint density at radius 3 is 2.90 bits per heavy atom. The van der Waals surface area contributed by atoms with Crippen molar-refractivity contribution in [2.45, 2.75) is 23.8 Å². The first kappa shape index (κ1) is 14.3. The summed E-state index contributed by atoms with van der Waals surface area (Å²) in [5.74, 6) is 0.216. The Morgan fingerprint density at radius 2 is 2.14 bits per heavy atom. The largest absolute Gasteiger partial charge is 0.309 e. The second-order valence-corrected chi connectivity index (χ2v) is 7.43. The van der Waals surface area contributed by atoms with Crippen LogP contribution in [0.2, 0.25) is 0 Å². The van der Waals surface area contributed by atoms with E-state index in [0.717, 1.165) is 18.5 Å². The lowest BCUT2D eigenvalue weighted by Crippen LogP contribution is -2.31. The average Bonchev–Trinajstić information content (AvgIpc) is 2.87. The first-order valence-electron chi connectivity index (χ1n) is 7.10. The number of hydrogen-bond acceptors (Lipinski definition) is 4. The Balaban J connectivity index is 1.71. The molecule has 6 heteroatoms. The molecule has 0 saturated carbocycles. The molecule has 1 aliphatic heterocycles. The molecule has 1 unspecified atom stereocenters. The molecule has 2 heterocycles. The van der Waals surface area contributed by atoms with E-state index >= 15 is 0 Å². The van der Waals surface area contributed by atoms with Crippen molar-refractivity contribution in [3.63, 3.8) is 0 Å². The number of hydrogen-bond donors (Lipinski definition) is 1. The Morgan fingerprint density at radius 1 is 1.33 bits per heavy atom. The molecular weight excluding hydrogens is 286 g/mol. The van der Waals surface area contributed by atoms with Gasteiger partial charge < -0.3 is 5.32 Å². The van der Waals surface area contributed by atoms with Crippen LogP contribution in [0.5, 0.6) is 0 Å². The Bertz CT molecular complexity index is 737. The van der Waals surface area contributed by atoms with Gasteiger partial charge in [0.15, 0.2) is 9.84 Å². The summed E-state index contributed by atoms with van der Waals surface area (Å²) in [6.45, 7) is 0.804. The number of sulfone groups is 1. The second kappa shape index (κ2) is 5.61. The highest BCUT2D eigenvalue weighted by molar-refractivity contribution is 7.91. The highest BCUT2D eigenvalue weighted by atomic mass is 32.2. The van der Waals surface area contributed by atoms with E-state index in [0.29, 0.717) is 11.3 Å². The quantitative estimate of drug-likeness (QED) is 0.929. The van der Waals surface area contributed by atoms with Gasteiger partial charge in [0.25, 0.3) is 0 Å². The molecule has 0 aliphatic carbocycles. The summed E-state index contributed by atoms with van der Waals surface area (Å²) in [7, 11) is -1.18. The minimum absolute atomic E-state index is 0.109. The SMILES string of the molecule is Cn1nccc1CCNC1CCS(=O)(=O)c2ccccc21. The van der Waals surface area contributed by atoms with Crippen LogP contribution in [0.25, 0.3) is 0 Å². The Hall–Kier alpha value is -1.66. The van der Waals surface area contributed by atoms with Gasteiger partial charge in [0.2, 0.25) is 0 Å². The van der Waals surface area contributed by atoms with Crippen molar-refractivity contribution < 1.29 is 8.42 Å². The van der Waals surface area contributed by atoms with E-state index in [-0.39, 0.29) is 11.8 Å². The fraction of sp³-hybridized carbons (Fsp3) is 0.400. The highest BCUT2D eigenvalue weighted by Gasteiger charge is 2.29. The lowest BCUT2D eigenvalue weighted by atomic mass is 10.0. The smallest absolute Gasteiger partial charge is 0.178 e. The predicted molar refractivity (Wildman–Crippen MR) is 80.8 cm³/mol. The lowest BCUT2D eigenvalue weighted by molar-refractivity contribution is 0.490. The lowest BCUT2D eigenvalue weighted by Gasteiger charge is -2.26. The fourth-order valence-corrected chi connectivity index (χ4v) is 4.44. The zero-order valence-electron chi connectivity index (χ0n) is 12.0. The van der Waals surface area contributed by atoms with Crippen molar-refractivity contribution >= 4 is 9.84 Å². The van der Waals surface area contributed by atoms with Crippen LogP contribution >= 0.6 is 0 Å². The fourth-order valence-electron chi connectivity index (χ4n) is 2.82. The summed E-state index contributed by atoms with van der Waals surface area (Å²) in [6.07, 6.45) is 3.30. The van der Waals surface area contributed by atoms with Gasteiger partial charge in [-0.2, -0.15) is 5.10 Å². The molecule has 0 spiro atoms. The molecule has 3 rings (SSSR count). The summed E-state index contributed by atoms with van der Waals surface area (Å²) >= 11 is 0. The standard InChI is InChI=1S/C15H19N3O2S/c1-18-12(7-10-17-18)6-9-16-14-8-11-21(19,20)15-5-3-2-4-13(14)15/h2-5,7,10,14,16H,6,8-9,11H2,1H3. The van der Waals surface area contributed by atoms with Crippen molar-refractivity contribution in [3.05, 3.63) is 47.8 Å². The van der Waals surface area contributed by atoms with Gasteiger partial charge in [-0.05, 0) is 24.1 Å².